The van der Waals surface area contributed by atoms with Crippen LogP contribution in [0.1, 0.15) is 11.1 Å². The van der Waals surface area contributed by atoms with E-state index in [1.165, 1.54) is 6.07 Å². The van der Waals surface area contributed by atoms with Gasteiger partial charge in [0.15, 0.2) is 5.84 Å². The summed E-state index contributed by atoms with van der Waals surface area (Å²) in [5.41, 5.74) is 5.34. The topological polar surface area (TPSA) is 122 Å². The Hall–Kier alpha value is -3.07. The molecule has 0 aromatic heterocycles. The van der Waals surface area contributed by atoms with Gasteiger partial charge in [0.2, 0.25) is 5.71 Å². The molecule has 0 amide bonds. The number of hydrogen-bond donors (Lipinski definition) is 3. The summed E-state index contributed by atoms with van der Waals surface area (Å²) in [6.07, 6.45) is -4.58. The number of nitriles is 2. The molecule has 1 aromatic carbocycles. The summed E-state index contributed by atoms with van der Waals surface area (Å²) in [7, 11) is 0. The molecule has 1 aromatic rings. The van der Waals surface area contributed by atoms with Crippen molar-refractivity contribution in [1.29, 1.82) is 15.9 Å². The average molecular weight is 280 g/mol. The van der Waals surface area contributed by atoms with E-state index in [1.807, 2.05) is 0 Å². The standard InChI is InChI=1S/C11H7F3N6/c12-11(13,14)7-2-1-6(4-15)8(3-7)19-20-9(5-16)10(17)18/h1-3,19H,(H3,17,18)/b20-9+. The maximum Gasteiger partial charge on any atom is 0.416 e. The van der Waals surface area contributed by atoms with Gasteiger partial charge in [0.25, 0.3) is 0 Å². The Labute approximate surface area is 111 Å². The zero-order valence-electron chi connectivity index (χ0n) is 9.78. The SMILES string of the molecule is N#C/C(=N\Nc1cc(C(F)(F)F)ccc1C#N)C(=N)N. The maximum absolute atomic E-state index is 12.5. The lowest BCUT2D eigenvalue weighted by Gasteiger charge is -2.09. The van der Waals surface area contributed by atoms with Crippen molar-refractivity contribution in [2.24, 2.45) is 10.8 Å². The highest BCUT2D eigenvalue weighted by Crippen LogP contribution is 2.32. The molecule has 0 aliphatic heterocycles. The molecule has 102 valence electrons. The lowest BCUT2D eigenvalue weighted by Crippen LogP contribution is -2.22. The Balaban J connectivity index is 3.21. The second kappa shape index (κ2) is 5.71. The van der Waals surface area contributed by atoms with Crippen LogP contribution in [0.4, 0.5) is 18.9 Å². The lowest BCUT2D eigenvalue weighted by atomic mass is 10.1. The first-order valence-corrected chi connectivity index (χ1v) is 4.99. The number of hydrazone groups is 1. The molecule has 0 atom stereocenters. The number of rotatable bonds is 3. The fraction of sp³-hybridized carbons (Fsp3) is 0.0909. The third-order valence-corrected chi connectivity index (χ3v) is 2.12. The molecule has 0 heterocycles. The van der Waals surface area contributed by atoms with Gasteiger partial charge in [-0.25, -0.2) is 0 Å². The van der Waals surface area contributed by atoms with Gasteiger partial charge in [-0.2, -0.15) is 28.8 Å². The molecule has 4 N–H and O–H groups in total. The highest BCUT2D eigenvalue weighted by molar-refractivity contribution is 6.45. The van der Waals surface area contributed by atoms with Crippen LogP contribution < -0.4 is 11.2 Å². The number of halogens is 3. The van der Waals surface area contributed by atoms with E-state index in [0.29, 0.717) is 6.07 Å². The predicted octanol–water partition coefficient (Wildman–Crippen LogP) is 1.80. The van der Waals surface area contributed by atoms with Crippen LogP contribution in [0, 0.1) is 28.1 Å². The van der Waals surface area contributed by atoms with E-state index in [1.54, 1.807) is 6.07 Å². The van der Waals surface area contributed by atoms with Crippen molar-refractivity contribution in [2.45, 2.75) is 6.18 Å². The quantitative estimate of drug-likeness (QED) is 0.444. The maximum atomic E-state index is 12.5. The van der Waals surface area contributed by atoms with Gasteiger partial charge in [0, 0.05) is 0 Å². The van der Waals surface area contributed by atoms with Crippen molar-refractivity contribution in [2.75, 3.05) is 5.43 Å². The summed E-state index contributed by atoms with van der Waals surface area (Å²) in [6.45, 7) is 0. The second-order valence-electron chi connectivity index (χ2n) is 3.47. The Morgan fingerprint density at radius 1 is 1.35 bits per heavy atom. The monoisotopic (exact) mass is 280 g/mol. The van der Waals surface area contributed by atoms with Crippen LogP contribution >= 0.6 is 0 Å². The molecule has 0 unspecified atom stereocenters. The van der Waals surface area contributed by atoms with Gasteiger partial charge in [-0.1, -0.05) is 0 Å². The first kappa shape index (κ1) is 15.0. The normalized spacial score (nSPS) is 11.3. The summed E-state index contributed by atoms with van der Waals surface area (Å²) in [4.78, 5) is 0. The number of hydrogen-bond acceptors (Lipinski definition) is 5. The van der Waals surface area contributed by atoms with Crippen LogP contribution in [0.5, 0.6) is 0 Å². The van der Waals surface area contributed by atoms with Crippen LogP contribution in [-0.4, -0.2) is 11.5 Å². The molecular weight excluding hydrogens is 273 g/mol. The average Bonchev–Trinajstić information content (AvgIpc) is 2.37. The Morgan fingerprint density at radius 3 is 2.45 bits per heavy atom. The Kier molecular flexibility index (Phi) is 4.28. The molecule has 9 heteroatoms. The predicted molar refractivity (Wildman–Crippen MR) is 64.7 cm³/mol. The molecule has 0 saturated carbocycles. The van der Waals surface area contributed by atoms with Crippen molar-refractivity contribution in [3.8, 4) is 12.1 Å². The number of benzene rings is 1. The van der Waals surface area contributed by atoms with Crippen LogP contribution in [0.15, 0.2) is 23.3 Å². The molecule has 0 fully saturated rings. The molecule has 6 nitrogen and oxygen atoms in total. The van der Waals surface area contributed by atoms with E-state index in [9.17, 15) is 13.2 Å². The Morgan fingerprint density at radius 2 is 2.00 bits per heavy atom. The van der Waals surface area contributed by atoms with Crippen LogP contribution in [0.3, 0.4) is 0 Å². The third kappa shape index (κ3) is 3.46. The number of nitrogens with two attached hydrogens (primary N) is 1. The van der Waals surface area contributed by atoms with Gasteiger partial charge in [0.1, 0.15) is 12.1 Å². The summed E-state index contributed by atoms with van der Waals surface area (Å²) in [6, 6.07) is 5.57. The fourth-order valence-corrected chi connectivity index (χ4v) is 1.17. The highest BCUT2D eigenvalue weighted by atomic mass is 19.4. The van der Waals surface area contributed by atoms with E-state index in [0.717, 1.165) is 12.1 Å². The number of anilines is 1. The summed E-state index contributed by atoms with van der Waals surface area (Å²) in [5.74, 6) is -0.648. The van der Waals surface area contributed by atoms with Crippen LogP contribution in [-0.2, 0) is 6.18 Å². The number of nitrogens with zero attached hydrogens (tertiary/aromatic N) is 3. The molecule has 0 aliphatic carbocycles. The van der Waals surface area contributed by atoms with Gasteiger partial charge in [-0.15, -0.1) is 0 Å². The van der Waals surface area contributed by atoms with Gasteiger partial charge >= 0.3 is 6.18 Å². The second-order valence-corrected chi connectivity index (χ2v) is 3.47. The number of nitrogens with one attached hydrogen (secondary N) is 2. The first-order chi connectivity index (χ1) is 9.29. The largest absolute Gasteiger partial charge is 0.416 e. The zero-order valence-corrected chi connectivity index (χ0v) is 9.78. The highest BCUT2D eigenvalue weighted by Gasteiger charge is 2.31. The third-order valence-electron chi connectivity index (χ3n) is 2.12. The molecular formula is C11H7F3N6. The molecule has 0 radical (unpaired) electrons. The van der Waals surface area contributed by atoms with Crippen LogP contribution in [0.25, 0.3) is 0 Å². The van der Waals surface area contributed by atoms with Crippen molar-refractivity contribution in [3.05, 3.63) is 29.3 Å². The summed E-state index contributed by atoms with van der Waals surface area (Å²) < 4.78 is 37.6. The molecule has 20 heavy (non-hydrogen) atoms. The van der Waals surface area contributed by atoms with E-state index < -0.39 is 23.3 Å². The van der Waals surface area contributed by atoms with Gasteiger partial charge in [0.05, 0.1) is 16.8 Å². The minimum atomic E-state index is -4.58. The number of amidine groups is 1. The van der Waals surface area contributed by atoms with Crippen LogP contribution in [0.2, 0.25) is 0 Å². The summed E-state index contributed by atoms with van der Waals surface area (Å²) in [5, 5.41) is 27.8. The number of alkyl halides is 3. The van der Waals surface area contributed by atoms with E-state index in [4.69, 9.17) is 21.7 Å². The molecule has 0 bridgehead atoms. The Bertz CT molecular complexity index is 648. The fourth-order valence-electron chi connectivity index (χ4n) is 1.17. The van der Waals surface area contributed by atoms with Gasteiger partial charge in [-0.05, 0) is 18.2 Å². The van der Waals surface area contributed by atoms with E-state index in [-0.39, 0.29) is 11.3 Å². The minimum Gasteiger partial charge on any atom is -0.382 e. The summed E-state index contributed by atoms with van der Waals surface area (Å²) >= 11 is 0. The van der Waals surface area contributed by atoms with Crippen molar-refractivity contribution >= 4 is 17.2 Å². The van der Waals surface area contributed by atoms with Gasteiger partial charge < -0.3 is 5.73 Å². The van der Waals surface area contributed by atoms with Crippen molar-refractivity contribution in [3.63, 3.8) is 0 Å². The van der Waals surface area contributed by atoms with E-state index in [2.05, 4.69) is 10.5 Å². The van der Waals surface area contributed by atoms with E-state index >= 15 is 0 Å². The lowest BCUT2D eigenvalue weighted by molar-refractivity contribution is -0.137. The zero-order chi connectivity index (χ0) is 15.3. The first-order valence-electron chi connectivity index (χ1n) is 4.99. The smallest absolute Gasteiger partial charge is 0.382 e. The molecule has 1 rings (SSSR count). The molecule has 0 spiro atoms. The van der Waals surface area contributed by atoms with Crippen molar-refractivity contribution in [1.82, 2.24) is 0 Å². The molecule has 0 aliphatic rings. The minimum absolute atomic E-state index is 0.0948. The molecule has 0 saturated heterocycles. The van der Waals surface area contributed by atoms with Gasteiger partial charge in [-0.3, -0.25) is 10.8 Å². The van der Waals surface area contributed by atoms with Crippen molar-refractivity contribution < 1.29 is 13.2 Å².